The lowest BCUT2D eigenvalue weighted by Crippen LogP contribution is -2.22. The van der Waals surface area contributed by atoms with Gasteiger partial charge in [-0.15, -0.1) is 0 Å². The summed E-state index contributed by atoms with van der Waals surface area (Å²) in [5.41, 5.74) is 3.18. The number of methoxy groups -OCH3 is 3. The highest BCUT2D eigenvalue weighted by atomic mass is 16.5. The van der Waals surface area contributed by atoms with Crippen LogP contribution in [0, 0.1) is 6.92 Å². The van der Waals surface area contributed by atoms with E-state index < -0.39 is 5.91 Å². The van der Waals surface area contributed by atoms with Gasteiger partial charge in [0.25, 0.3) is 0 Å². The molecular formula is C21H26N2O5. The normalized spacial score (nSPS) is 10.2. The summed E-state index contributed by atoms with van der Waals surface area (Å²) in [7, 11) is 4.48. The number of rotatable bonds is 8. The van der Waals surface area contributed by atoms with E-state index in [9.17, 15) is 9.59 Å². The number of hydrogen-bond donors (Lipinski definition) is 2. The van der Waals surface area contributed by atoms with Crippen LogP contribution >= 0.6 is 0 Å². The number of aryl methyl sites for hydroxylation is 2. The van der Waals surface area contributed by atoms with Crippen molar-refractivity contribution in [3.8, 4) is 17.2 Å². The van der Waals surface area contributed by atoms with Crippen LogP contribution in [0.3, 0.4) is 0 Å². The minimum atomic E-state index is -0.446. The third kappa shape index (κ3) is 4.94. The number of carbonyl (C=O) groups excluding carboxylic acids is 2. The second kappa shape index (κ2) is 9.64. The summed E-state index contributed by atoms with van der Waals surface area (Å²) in [4.78, 5) is 24.7. The van der Waals surface area contributed by atoms with Crippen molar-refractivity contribution in [2.45, 2.75) is 26.7 Å². The second-order valence-corrected chi connectivity index (χ2v) is 6.15. The van der Waals surface area contributed by atoms with Crippen LogP contribution in [0.1, 0.15) is 24.5 Å². The molecule has 0 saturated carbocycles. The van der Waals surface area contributed by atoms with Gasteiger partial charge in [0.05, 0.1) is 21.3 Å². The molecule has 0 aliphatic carbocycles. The first-order valence-corrected chi connectivity index (χ1v) is 8.91. The third-order valence-corrected chi connectivity index (χ3v) is 4.27. The molecule has 2 aromatic carbocycles. The Balaban J connectivity index is 2.09. The van der Waals surface area contributed by atoms with Crippen LogP contribution < -0.4 is 24.8 Å². The van der Waals surface area contributed by atoms with E-state index in [0.29, 0.717) is 22.9 Å². The van der Waals surface area contributed by atoms with Crippen LogP contribution in [0.4, 0.5) is 11.4 Å². The molecule has 28 heavy (non-hydrogen) atoms. The van der Waals surface area contributed by atoms with Gasteiger partial charge in [-0.05, 0) is 24.5 Å². The first-order valence-electron chi connectivity index (χ1n) is 8.91. The van der Waals surface area contributed by atoms with Gasteiger partial charge in [0.15, 0.2) is 11.5 Å². The van der Waals surface area contributed by atoms with Crippen LogP contribution in [0.25, 0.3) is 0 Å². The van der Waals surface area contributed by atoms with E-state index in [1.54, 1.807) is 12.1 Å². The Morgan fingerprint density at radius 3 is 2.07 bits per heavy atom. The van der Waals surface area contributed by atoms with E-state index in [1.165, 1.54) is 21.3 Å². The average molecular weight is 386 g/mol. The highest BCUT2D eigenvalue weighted by molar-refractivity contribution is 6.08. The van der Waals surface area contributed by atoms with Gasteiger partial charge < -0.3 is 24.8 Å². The zero-order valence-electron chi connectivity index (χ0n) is 16.8. The summed E-state index contributed by atoms with van der Waals surface area (Å²) in [6, 6.07) is 9.03. The minimum Gasteiger partial charge on any atom is -0.493 e. The lowest BCUT2D eigenvalue weighted by atomic mass is 10.1. The van der Waals surface area contributed by atoms with Gasteiger partial charge >= 0.3 is 0 Å². The number of anilines is 2. The molecule has 7 heteroatoms. The van der Waals surface area contributed by atoms with Crippen molar-refractivity contribution in [2.75, 3.05) is 32.0 Å². The largest absolute Gasteiger partial charge is 0.493 e. The molecule has 0 aliphatic rings. The van der Waals surface area contributed by atoms with Crippen LogP contribution in [0.2, 0.25) is 0 Å². The highest BCUT2D eigenvalue weighted by Gasteiger charge is 2.17. The Morgan fingerprint density at radius 2 is 1.54 bits per heavy atom. The summed E-state index contributed by atoms with van der Waals surface area (Å²) in [5, 5.41) is 5.53. The number of hydrogen-bond acceptors (Lipinski definition) is 5. The SMILES string of the molecule is CCc1cccc(C)c1NC(=O)CC(=O)Nc1cc(OC)c(OC)c(OC)c1. The Hall–Kier alpha value is -3.22. The topological polar surface area (TPSA) is 85.9 Å². The third-order valence-electron chi connectivity index (χ3n) is 4.27. The predicted octanol–water partition coefficient (Wildman–Crippen LogP) is 3.55. The van der Waals surface area contributed by atoms with Crippen LogP contribution in [-0.4, -0.2) is 33.1 Å². The lowest BCUT2D eigenvalue weighted by molar-refractivity contribution is -0.123. The van der Waals surface area contributed by atoms with E-state index in [0.717, 1.165) is 23.2 Å². The molecule has 2 aromatic rings. The molecule has 0 atom stereocenters. The van der Waals surface area contributed by atoms with Crippen molar-refractivity contribution in [1.82, 2.24) is 0 Å². The molecule has 2 N–H and O–H groups in total. The number of carbonyl (C=O) groups is 2. The molecule has 0 spiro atoms. The molecule has 0 aromatic heterocycles. The van der Waals surface area contributed by atoms with Crippen molar-refractivity contribution < 1.29 is 23.8 Å². The van der Waals surface area contributed by atoms with E-state index in [-0.39, 0.29) is 12.3 Å². The first-order chi connectivity index (χ1) is 13.4. The van der Waals surface area contributed by atoms with Crippen molar-refractivity contribution in [3.63, 3.8) is 0 Å². The zero-order valence-corrected chi connectivity index (χ0v) is 16.8. The standard InChI is InChI=1S/C21H26N2O5/c1-6-14-9-7-8-13(2)20(14)23-19(25)12-18(24)22-15-10-16(26-3)21(28-5)17(11-15)27-4/h7-11H,6,12H2,1-5H3,(H,22,24)(H,23,25). The van der Waals surface area contributed by atoms with Crippen LogP contribution in [0.15, 0.2) is 30.3 Å². The maximum Gasteiger partial charge on any atom is 0.233 e. The van der Waals surface area contributed by atoms with Crippen LogP contribution in [0.5, 0.6) is 17.2 Å². The fraction of sp³-hybridized carbons (Fsp3) is 0.333. The maximum absolute atomic E-state index is 12.3. The van der Waals surface area contributed by atoms with Crippen LogP contribution in [-0.2, 0) is 16.0 Å². The Labute approximate surface area is 165 Å². The molecule has 7 nitrogen and oxygen atoms in total. The van der Waals surface area contributed by atoms with Crippen molar-refractivity contribution in [1.29, 1.82) is 0 Å². The van der Waals surface area contributed by atoms with Gasteiger partial charge in [-0.1, -0.05) is 25.1 Å². The fourth-order valence-electron chi connectivity index (χ4n) is 2.89. The monoisotopic (exact) mass is 386 g/mol. The minimum absolute atomic E-state index is 0.311. The molecule has 150 valence electrons. The number of amides is 2. The van der Waals surface area contributed by atoms with Gasteiger partial charge in [-0.3, -0.25) is 9.59 Å². The number of ether oxygens (including phenoxy) is 3. The first kappa shape index (κ1) is 21.1. The van der Waals surface area contributed by atoms with Crippen molar-refractivity contribution in [3.05, 3.63) is 41.5 Å². The molecule has 0 bridgehead atoms. The number of benzene rings is 2. The van der Waals surface area contributed by atoms with Gasteiger partial charge in [-0.2, -0.15) is 0 Å². The molecule has 0 heterocycles. The van der Waals surface area contributed by atoms with E-state index in [4.69, 9.17) is 14.2 Å². The highest BCUT2D eigenvalue weighted by Crippen LogP contribution is 2.39. The Kier molecular flexibility index (Phi) is 7.26. The van der Waals surface area contributed by atoms with E-state index in [1.807, 2.05) is 32.0 Å². The molecular weight excluding hydrogens is 360 g/mol. The summed E-state index contributed by atoms with van der Waals surface area (Å²) in [6.07, 6.45) is 0.475. The van der Waals surface area contributed by atoms with Gasteiger partial charge in [-0.25, -0.2) is 0 Å². The predicted molar refractivity (Wildman–Crippen MR) is 109 cm³/mol. The van der Waals surface area contributed by atoms with Gasteiger partial charge in [0.1, 0.15) is 6.42 Å². The molecule has 0 saturated heterocycles. The zero-order chi connectivity index (χ0) is 20.7. The smallest absolute Gasteiger partial charge is 0.233 e. The van der Waals surface area contributed by atoms with E-state index in [2.05, 4.69) is 10.6 Å². The quantitative estimate of drug-likeness (QED) is 0.678. The number of nitrogens with one attached hydrogen (secondary N) is 2. The molecule has 0 unspecified atom stereocenters. The number of para-hydroxylation sites is 1. The maximum atomic E-state index is 12.3. The molecule has 0 fully saturated rings. The molecule has 0 aliphatic heterocycles. The molecule has 2 rings (SSSR count). The van der Waals surface area contributed by atoms with Gasteiger partial charge in [0.2, 0.25) is 17.6 Å². The summed E-state index contributed by atoms with van der Waals surface area (Å²) in [6.45, 7) is 3.94. The molecule has 0 radical (unpaired) electrons. The summed E-state index contributed by atoms with van der Waals surface area (Å²) in [5.74, 6) is 0.419. The Morgan fingerprint density at radius 1 is 0.929 bits per heavy atom. The fourth-order valence-corrected chi connectivity index (χ4v) is 2.89. The average Bonchev–Trinajstić information content (AvgIpc) is 2.68. The van der Waals surface area contributed by atoms with Crippen molar-refractivity contribution >= 4 is 23.2 Å². The van der Waals surface area contributed by atoms with E-state index >= 15 is 0 Å². The lowest BCUT2D eigenvalue weighted by Gasteiger charge is -2.15. The summed E-state index contributed by atoms with van der Waals surface area (Å²) < 4.78 is 15.8. The Bertz CT molecular complexity index is 839. The van der Waals surface area contributed by atoms with Gasteiger partial charge in [0, 0.05) is 23.5 Å². The van der Waals surface area contributed by atoms with Crippen molar-refractivity contribution in [2.24, 2.45) is 0 Å². The second-order valence-electron chi connectivity index (χ2n) is 6.15. The summed E-state index contributed by atoms with van der Waals surface area (Å²) >= 11 is 0. The molecule has 2 amide bonds.